The topological polar surface area (TPSA) is 0 Å². The van der Waals surface area contributed by atoms with E-state index in [0.717, 1.165) is 12.0 Å². The van der Waals surface area contributed by atoms with Crippen molar-refractivity contribution in [2.75, 3.05) is 11.8 Å². The maximum Gasteiger partial charge on any atom is 0.141 e. The minimum absolute atomic E-state index is 0.144. The Balaban J connectivity index is 2.72. The number of alkyl halides is 2. The standard InChI is InChI=1S/C10H10Cl3F/c11-5-8(6-12)3-7-1-2-10(14)9(13)4-7/h1-2,4,8H,3,5-6H2. The van der Waals surface area contributed by atoms with Crippen molar-refractivity contribution in [2.45, 2.75) is 6.42 Å². The monoisotopic (exact) mass is 254 g/mol. The molecule has 0 nitrogen and oxygen atoms in total. The highest BCUT2D eigenvalue weighted by Crippen LogP contribution is 2.19. The van der Waals surface area contributed by atoms with Crippen LogP contribution in [0.5, 0.6) is 0 Å². The number of halogens is 4. The van der Waals surface area contributed by atoms with Crippen LogP contribution in [0.15, 0.2) is 18.2 Å². The summed E-state index contributed by atoms with van der Waals surface area (Å²) in [6, 6.07) is 4.67. The Morgan fingerprint density at radius 2 is 1.86 bits per heavy atom. The van der Waals surface area contributed by atoms with Crippen molar-refractivity contribution in [2.24, 2.45) is 5.92 Å². The zero-order valence-corrected chi connectivity index (χ0v) is 9.71. The Labute approximate surface area is 98.0 Å². The van der Waals surface area contributed by atoms with Crippen molar-refractivity contribution in [3.05, 3.63) is 34.6 Å². The van der Waals surface area contributed by atoms with Crippen LogP contribution in [0.4, 0.5) is 4.39 Å². The van der Waals surface area contributed by atoms with Gasteiger partial charge in [-0.15, -0.1) is 23.2 Å². The van der Waals surface area contributed by atoms with E-state index in [1.165, 1.54) is 6.07 Å². The molecule has 0 heterocycles. The molecular weight excluding hydrogens is 245 g/mol. The molecule has 0 saturated carbocycles. The van der Waals surface area contributed by atoms with E-state index in [9.17, 15) is 4.39 Å². The van der Waals surface area contributed by atoms with Gasteiger partial charge in [-0.3, -0.25) is 0 Å². The van der Waals surface area contributed by atoms with Crippen LogP contribution >= 0.6 is 34.8 Å². The maximum absolute atomic E-state index is 12.8. The van der Waals surface area contributed by atoms with Gasteiger partial charge in [0.15, 0.2) is 0 Å². The molecule has 4 heteroatoms. The van der Waals surface area contributed by atoms with Gasteiger partial charge in [0.1, 0.15) is 5.82 Å². The Morgan fingerprint density at radius 1 is 1.21 bits per heavy atom. The predicted octanol–water partition coefficient (Wildman–Crippen LogP) is 4.12. The van der Waals surface area contributed by atoms with Crippen LogP contribution in [0.25, 0.3) is 0 Å². The second-order valence-corrected chi connectivity index (χ2v) is 4.15. The SMILES string of the molecule is Fc1ccc(CC(CCl)CCl)cc1Cl. The molecule has 0 aliphatic heterocycles. The number of rotatable bonds is 4. The summed E-state index contributed by atoms with van der Waals surface area (Å²) < 4.78 is 12.8. The van der Waals surface area contributed by atoms with Gasteiger partial charge in [0.2, 0.25) is 0 Å². The van der Waals surface area contributed by atoms with Gasteiger partial charge >= 0.3 is 0 Å². The molecule has 0 aromatic heterocycles. The quantitative estimate of drug-likeness (QED) is 0.710. The summed E-state index contributed by atoms with van der Waals surface area (Å²) in [6.07, 6.45) is 0.729. The molecule has 0 saturated heterocycles. The van der Waals surface area contributed by atoms with E-state index < -0.39 is 5.82 Å². The Bertz CT molecular complexity index is 297. The molecule has 14 heavy (non-hydrogen) atoms. The fourth-order valence-corrected chi connectivity index (χ4v) is 1.90. The van der Waals surface area contributed by atoms with Crippen molar-refractivity contribution in [3.63, 3.8) is 0 Å². The van der Waals surface area contributed by atoms with Crippen LogP contribution in [-0.2, 0) is 6.42 Å². The average Bonchev–Trinajstić information content (AvgIpc) is 2.19. The van der Waals surface area contributed by atoms with E-state index >= 15 is 0 Å². The minimum atomic E-state index is -0.399. The molecule has 0 fully saturated rings. The molecule has 0 amide bonds. The minimum Gasteiger partial charge on any atom is -0.205 e. The van der Waals surface area contributed by atoms with Gasteiger partial charge in [-0.25, -0.2) is 4.39 Å². The van der Waals surface area contributed by atoms with E-state index in [1.807, 2.05) is 0 Å². The van der Waals surface area contributed by atoms with Crippen LogP contribution < -0.4 is 0 Å². The zero-order chi connectivity index (χ0) is 10.6. The summed E-state index contributed by atoms with van der Waals surface area (Å²) in [4.78, 5) is 0. The Morgan fingerprint density at radius 3 is 2.36 bits per heavy atom. The van der Waals surface area contributed by atoms with Crippen molar-refractivity contribution in [3.8, 4) is 0 Å². The Hall–Kier alpha value is 0.0200. The second kappa shape index (κ2) is 5.79. The van der Waals surface area contributed by atoms with Crippen LogP contribution in [0.2, 0.25) is 5.02 Å². The van der Waals surface area contributed by atoms with Gasteiger partial charge in [0, 0.05) is 11.8 Å². The van der Waals surface area contributed by atoms with Gasteiger partial charge in [0.05, 0.1) is 5.02 Å². The molecule has 0 spiro atoms. The third-order valence-electron chi connectivity index (χ3n) is 1.94. The lowest BCUT2D eigenvalue weighted by atomic mass is 10.0. The summed E-state index contributed by atoms with van der Waals surface area (Å²) >= 11 is 17.0. The fourth-order valence-electron chi connectivity index (χ4n) is 1.15. The first-order valence-electron chi connectivity index (χ1n) is 4.23. The molecule has 0 aliphatic rings. The van der Waals surface area contributed by atoms with Gasteiger partial charge in [-0.2, -0.15) is 0 Å². The highest BCUT2D eigenvalue weighted by atomic mass is 35.5. The maximum atomic E-state index is 12.8. The molecule has 0 N–H and O–H groups in total. The fraction of sp³-hybridized carbons (Fsp3) is 0.400. The summed E-state index contributed by atoms with van der Waals surface area (Å²) in [5.41, 5.74) is 0.961. The van der Waals surface area contributed by atoms with E-state index in [2.05, 4.69) is 0 Å². The molecule has 0 unspecified atom stereocenters. The molecule has 0 radical (unpaired) electrons. The first-order chi connectivity index (χ1) is 6.67. The van der Waals surface area contributed by atoms with Crippen LogP contribution in [-0.4, -0.2) is 11.8 Å². The lowest BCUT2D eigenvalue weighted by Gasteiger charge is -2.10. The first kappa shape index (κ1) is 12.1. The van der Waals surface area contributed by atoms with Crippen LogP contribution in [0.1, 0.15) is 5.56 Å². The van der Waals surface area contributed by atoms with Gasteiger partial charge in [-0.05, 0) is 30.0 Å². The highest BCUT2D eigenvalue weighted by molar-refractivity contribution is 6.30. The zero-order valence-electron chi connectivity index (χ0n) is 7.44. The van der Waals surface area contributed by atoms with Crippen LogP contribution in [0.3, 0.4) is 0 Å². The molecule has 78 valence electrons. The van der Waals surface area contributed by atoms with Gasteiger partial charge < -0.3 is 0 Å². The lowest BCUT2D eigenvalue weighted by Crippen LogP contribution is -2.08. The number of hydrogen-bond acceptors (Lipinski definition) is 0. The van der Waals surface area contributed by atoms with E-state index in [4.69, 9.17) is 34.8 Å². The van der Waals surface area contributed by atoms with Crippen molar-refractivity contribution >= 4 is 34.8 Å². The molecule has 0 bridgehead atoms. The lowest BCUT2D eigenvalue weighted by molar-refractivity contribution is 0.623. The van der Waals surface area contributed by atoms with E-state index in [-0.39, 0.29) is 10.9 Å². The van der Waals surface area contributed by atoms with Gasteiger partial charge in [-0.1, -0.05) is 17.7 Å². The molecule has 1 aromatic carbocycles. The number of benzene rings is 1. The largest absolute Gasteiger partial charge is 0.205 e. The van der Waals surface area contributed by atoms with Crippen molar-refractivity contribution in [1.29, 1.82) is 0 Å². The number of hydrogen-bond donors (Lipinski definition) is 0. The first-order valence-corrected chi connectivity index (χ1v) is 5.68. The Kier molecular flexibility index (Phi) is 5.00. The van der Waals surface area contributed by atoms with E-state index in [0.29, 0.717) is 11.8 Å². The molecule has 0 aliphatic carbocycles. The summed E-state index contributed by atoms with van der Waals surface area (Å²) in [7, 11) is 0. The molecule has 1 aromatic rings. The van der Waals surface area contributed by atoms with E-state index in [1.54, 1.807) is 12.1 Å². The molecule has 0 atom stereocenters. The second-order valence-electron chi connectivity index (χ2n) is 3.13. The average molecular weight is 256 g/mol. The van der Waals surface area contributed by atoms with Crippen molar-refractivity contribution in [1.82, 2.24) is 0 Å². The highest BCUT2D eigenvalue weighted by Gasteiger charge is 2.08. The molecule has 1 rings (SSSR count). The third-order valence-corrected chi connectivity index (χ3v) is 3.11. The summed E-state index contributed by atoms with van der Waals surface area (Å²) in [5.74, 6) is 0.806. The van der Waals surface area contributed by atoms with Crippen molar-refractivity contribution < 1.29 is 4.39 Å². The van der Waals surface area contributed by atoms with Gasteiger partial charge in [0.25, 0.3) is 0 Å². The van der Waals surface area contributed by atoms with Crippen LogP contribution in [0, 0.1) is 11.7 Å². The normalized spacial score (nSPS) is 10.9. The third kappa shape index (κ3) is 3.30. The summed E-state index contributed by atoms with van der Waals surface area (Å²) in [5, 5.41) is 0.144. The predicted molar refractivity (Wildman–Crippen MR) is 60.0 cm³/mol. The smallest absolute Gasteiger partial charge is 0.141 e. The molecular formula is C10H10Cl3F. The summed E-state index contributed by atoms with van der Waals surface area (Å²) in [6.45, 7) is 0.